The van der Waals surface area contributed by atoms with E-state index < -0.39 is 27.4 Å². The molecule has 1 aliphatic rings. The van der Waals surface area contributed by atoms with E-state index in [-0.39, 0.29) is 5.56 Å². The number of benzene rings is 2. The molecule has 2 N–H and O–H groups in total. The minimum absolute atomic E-state index is 0.241. The van der Waals surface area contributed by atoms with Gasteiger partial charge in [0.25, 0.3) is 0 Å². The Kier molecular flexibility index (Phi) is 6.47. The van der Waals surface area contributed by atoms with Gasteiger partial charge in [-0.25, -0.2) is 17.2 Å². The Hall–Kier alpha value is -3.31. The Morgan fingerprint density at radius 3 is 2.47 bits per heavy atom. The third-order valence-corrected chi connectivity index (χ3v) is 6.04. The predicted octanol–water partition coefficient (Wildman–Crippen LogP) is 3.28. The molecule has 0 saturated carbocycles. The third kappa shape index (κ3) is 5.68. The minimum Gasteiger partial charge on any atom is -0.378 e. The lowest BCUT2D eigenvalue weighted by Crippen LogP contribution is -2.36. The molecule has 1 saturated heterocycles. The minimum atomic E-state index is -3.93. The fourth-order valence-corrected chi connectivity index (χ4v) is 4.45. The maximum Gasteiger partial charge on any atom is 0.237 e. The molecule has 2 heterocycles. The van der Waals surface area contributed by atoms with Gasteiger partial charge in [-0.05, 0) is 42.5 Å². The molecule has 1 fully saturated rings. The van der Waals surface area contributed by atoms with E-state index in [2.05, 4.69) is 25.1 Å². The summed E-state index contributed by atoms with van der Waals surface area (Å²) in [6.45, 7) is 2.88. The van der Waals surface area contributed by atoms with Crippen LogP contribution in [0, 0.1) is 11.6 Å². The zero-order valence-electron chi connectivity index (χ0n) is 17.0. The maximum absolute atomic E-state index is 13.8. The van der Waals surface area contributed by atoms with Crippen LogP contribution in [0.2, 0.25) is 0 Å². The maximum atomic E-state index is 13.8. The highest BCUT2D eigenvalue weighted by molar-refractivity contribution is 7.91. The summed E-state index contributed by atoms with van der Waals surface area (Å²) in [6.07, 6.45) is 1.69. The van der Waals surface area contributed by atoms with Gasteiger partial charge in [0, 0.05) is 36.1 Å². The first-order valence-electron chi connectivity index (χ1n) is 9.85. The Morgan fingerprint density at radius 1 is 1.00 bits per heavy atom. The normalized spacial score (nSPS) is 14.2. The van der Waals surface area contributed by atoms with Crippen LogP contribution in [0.4, 0.5) is 31.7 Å². The van der Waals surface area contributed by atoms with Gasteiger partial charge in [0.2, 0.25) is 10.0 Å². The van der Waals surface area contributed by atoms with Crippen molar-refractivity contribution in [3.63, 3.8) is 0 Å². The standard InChI is InChI=1S/C21H21F2N5O3S/c22-16-1-6-20(23)15(11-16)14-32(29,30)27-18-4-2-17(3-5-18)25-21-12-19(13-24-26-21)28-7-9-31-10-8-28/h1-6,11-13,27H,7-10,14H2,(H,25,26). The monoisotopic (exact) mass is 461 g/mol. The van der Waals surface area contributed by atoms with Crippen molar-refractivity contribution < 1.29 is 21.9 Å². The van der Waals surface area contributed by atoms with Crippen molar-refractivity contribution in [2.75, 3.05) is 41.2 Å². The lowest BCUT2D eigenvalue weighted by atomic mass is 10.2. The summed E-state index contributed by atoms with van der Waals surface area (Å²) in [5.41, 5.74) is 1.66. The SMILES string of the molecule is O=S(=O)(Cc1cc(F)ccc1F)Nc1ccc(Nc2cc(N3CCOCC3)cnn2)cc1. The number of rotatable bonds is 7. The first kappa shape index (κ1) is 21.9. The molecule has 3 aromatic rings. The van der Waals surface area contributed by atoms with Gasteiger partial charge in [-0.3, -0.25) is 4.72 Å². The van der Waals surface area contributed by atoms with Crippen LogP contribution < -0.4 is 14.9 Å². The van der Waals surface area contributed by atoms with E-state index in [4.69, 9.17) is 4.74 Å². The average Bonchev–Trinajstić information content (AvgIpc) is 2.78. The van der Waals surface area contributed by atoms with Crippen molar-refractivity contribution in [2.24, 2.45) is 0 Å². The predicted molar refractivity (Wildman–Crippen MR) is 117 cm³/mol. The molecule has 4 rings (SSSR count). The van der Waals surface area contributed by atoms with Gasteiger partial charge in [-0.2, -0.15) is 5.10 Å². The Labute approximate surface area is 184 Å². The van der Waals surface area contributed by atoms with E-state index in [1.807, 2.05) is 6.07 Å². The quantitative estimate of drug-likeness (QED) is 0.557. The van der Waals surface area contributed by atoms with Crippen LogP contribution in [0.1, 0.15) is 5.56 Å². The van der Waals surface area contributed by atoms with Crippen LogP contribution >= 0.6 is 0 Å². The van der Waals surface area contributed by atoms with E-state index in [1.54, 1.807) is 30.5 Å². The molecular formula is C21H21F2N5O3S. The molecule has 1 aliphatic heterocycles. The van der Waals surface area contributed by atoms with Crippen LogP contribution in [-0.2, 0) is 20.5 Å². The van der Waals surface area contributed by atoms with E-state index >= 15 is 0 Å². The van der Waals surface area contributed by atoms with Crippen LogP contribution in [0.15, 0.2) is 54.7 Å². The number of hydrogen-bond acceptors (Lipinski definition) is 7. The first-order chi connectivity index (χ1) is 15.4. The highest BCUT2D eigenvalue weighted by atomic mass is 32.2. The first-order valence-corrected chi connectivity index (χ1v) is 11.5. The summed E-state index contributed by atoms with van der Waals surface area (Å²) in [6, 6.07) is 11.0. The number of aromatic nitrogens is 2. The second-order valence-corrected chi connectivity index (χ2v) is 8.92. The topological polar surface area (TPSA) is 96.5 Å². The van der Waals surface area contributed by atoms with Gasteiger partial charge >= 0.3 is 0 Å². The molecule has 0 amide bonds. The van der Waals surface area contributed by atoms with Gasteiger partial charge in [0.1, 0.15) is 11.6 Å². The third-order valence-electron chi connectivity index (χ3n) is 4.80. The average molecular weight is 461 g/mol. The van der Waals surface area contributed by atoms with E-state index in [0.717, 1.165) is 37.0 Å². The van der Waals surface area contributed by atoms with Gasteiger partial charge < -0.3 is 15.0 Å². The Balaban J connectivity index is 1.40. The zero-order valence-corrected chi connectivity index (χ0v) is 17.8. The van der Waals surface area contributed by atoms with Gasteiger partial charge in [0.05, 0.1) is 30.9 Å². The zero-order chi connectivity index (χ0) is 22.6. The Bertz CT molecular complexity index is 1190. The Morgan fingerprint density at radius 2 is 1.72 bits per heavy atom. The summed E-state index contributed by atoms with van der Waals surface area (Å²) in [4.78, 5) is 2.16. The second-order valence-electron chi connectivity index (χ2n) is 7.20. The largest absolute Gasteiger partial charge is 0.378 e. The van der Waals surface area contributed by atoms with E-state index in [9.17, 15) is 17.2 Å². The summed E-state index contributed by atoms with van der Waals surface area (Å²) >= 11 is 0. The van der Waals surface area contributed by atoms with Crippen LogP contribution in [0.3, 0.4) is 0 Å². The number of anilines is 4. The van der Waals surface area contributed by atoms with Gasteiger partial charge in [0.15, 0.2) is 5.82 Å². The second kappa shape index (κ2) is 9.45. The molecule has 11 heteroatoms. The molecule has 2 aromatic carbocycles. The highest BCUT2D eigenvalue weighted by Gasteiger charge is 2.16. The molecule has 0 atom stereocenters. The fourth-order valence-electron chi connectivity index (χ4n) is 3.26. The van der Waals surface area contributed by atoms with Gasteiger partial charge in [-0.1, -0.05) is 0 Å². The highest BCUT2D eigenvalue weighted by Crippen LogP contribution is 2.22. The molecule has 32 heavy (non-hydrogen) atoms. The number of nitrogens with one attached hydrogen (secondary N) is 2. The number of ether oxygens (including phenoxy) is 1. The van der Waals surface area contributed by atoms with E-state index in [1.165, 1.54) is 0 Å². The molecule has 0 bridgehead atoms. The summed E-state index contributed by atoms with van der Waals surface area (Å²) < 4.78 is 59.5. The molecule has 0 radical (unpaired) electrons. The van der Waals surface area contributed by atoms with Crippen molar-refractivity contribution in [1.29, 1.82) is 0 Å². The molecule has 0 aliphatic carbocycles. The number of hydrogen-bond donors (Lipinski definition) is 2. The van der Waals surface area contributed by atoms with Crippen molar-refractivity contribution >= 4 is 32.9 Å². The summed E-state index contributed by atoms with van der Waals surface area (Å²) in [5, 5.41) is 11.2. The van der Waals surface area contributed by atoms with Crippen molar-refractivity contribution in [3.8, 4) is 0 Å². The number of halogens is 2. The van der Waals surface area contributed by atoms with Crippen LogP contribution in [0.25, 0.3) is 0 Å². The smallest absolute Gasteiger partial charge is 0.237 e. The molecule has 168 valence electrons. The van der Waals surface area contributed by atoms with E-state index in [0.29, 0.717) is 30.4 Å². The van der Waals surface area contributed by atoms with Crippen LogP contribution in [0.5, 0.6) is 0 Å². The number of nitrogens with zero attached hydrogens (tertiary/aromatic N) is 3. The van der Waals surface area contributed by atoms with Crippen molar-refractivity contribution in [2.45, 2.75) is 5.75 Å². The summed E-state index contributed by atoms with van der Waals surface area (Å²) in [5.74, 6) is -1.62. The fraction of sp³-hybridized carbons (Fsp3) is 0.238. The molecular weight excluding hydrogens is 440 g/mol. The molecule has 8 nitrogen and oxygen atoms in total. The number of morpholine rings is 1. The lowest BCUT2D eigenvalue weighted by Gasteiger charge is -2.28. The van der Waals surface area contributed by atoms with Crippen molar-refractivity contribution in [3.05, 3.63) is 71.9 Å². The number of sulfonamides is 1. The van der Waals surface area contributed by atoms with Crippen LogP contribution in [-0.4, -0.2) is 44.9 Å². The van der Waals surface area contributed by atoms with Gasteiger partial charge in [-0.15, -0.1) is 5.10 Å². The summed E-state index contributed by atoms with van der Waals surface area (Å²) in [7, 11) is -3.93. The molecule has 0 unspecified atom stereocenters. The molecule has 1 aromatic heterocycles. The molecule has 0 spiro atoms. The van der Waals surface area contributed by atoms with Crippen molar-refractivity contribution in [1.82, 2.24) is 10.2 Å². The lowest BCUT2D eigenvalue weighted by molar-refractivity contribution is 0.122.